The first-order chi connectivity index (χ1) is 11.6. The molecule has 0 aliphatic carbocycles. The molecule has 0 spiro atoms. The Labute approximate surface area is 144 Å². The summed E-state index contributed by atoms with van der Waals surface area (Å²) in [5, 5.41) is 13.3. The van der Waals surface area contributed by atoms with Crippen molar-refractivity contribution in [1.82, 2.24) is 5.32 Å². The molecule has 0 unspecified atom stereocenters. The van der Waals surface area contributed by atoms with Crippen LogP contribution in [-0.4, -0.2) is 29.7 Å². The fraction of sp³-hybridized carbons (Fsp3) is 0.235. The highest BCUT2D eigenvalue weighted by Gasteiger charge is 2.06. The molecule has 2 rings (SSSR count). The van der Waals surface area contributed by atoms with Gasteiger partial charge >= 0.3 is 0 Å². The number of nitrogens with one attached hydrogen (secondary N) is 1. The van der Waals surface area contributed by atoms with E-state index in [2.05, 4.69) is 17.4 Å². The quantitative estimate of drug-likeness (QED) is 0.326. The van der Waals surface area contributed by atoms with Gasteiger partial charge in [0.25, 0.3) is 11.6 Å². The lowest BCUT2D eigenvalue weighted by molar-refractivity contribution is -0.384. The van der Waals surface area contributed by atoms with Gasteiger partial charge in [-0.15, -0.1) is 11.8 Å². The van der Waals surface area contributed by atoms with E-state index < -0.39 is 4.92 Å². The molecule has 0 heterocycles. The number of rotatable bonds is 9. The van der Waals surface area contributed by atoms with E-state index in [9.17, 15) is 14.9 Å². The number of hydrogen-bond donors (Lipinski definition) is 1. The number of non-ortho nitro benzene ring substituents is 1. The molecule has 2 aromatic rings. The molecule has 7 heteroatoms. The molecule has 6 nitrogen and oxygen atoms in total. The SMILES string of the molecule is O=C(COc1ccc([N+](=O)[O-])cc1)NCCCSc1ccccc1. The van der Waals surface area contributed by atoms with E-state index in [1.54, 1.807) is 11.8 Å². The summed E-state index contributed by atoms with van der Waals surface area (Å²) in [5.74, 6) is 1.14. The van der Waals surface area contributed by atoms with Crippen LogP contribution in [0.4, 0.5) is 5.69 Å². The molecule has 0 atom stereocenters. The number of nitro benzene ring substituents is 1. The van der Waals surface area contributed by atoms with Crippen LogP contribution in [-0.2, 0) is 4.79 Å². The molecule has 0 aromatic heterocycles. The smallest absolute Gasteiger partial charge is 0.269 e. The normalized spacial score (nSPS) is 10.2. The Hall–Kier alpha value is -2.54. The van der Waals surface area contributed by atoms with Crippen molar-refractivity contribution in [2.24, 2.45) is 0 Å². The summed E-state index contributed by atoms with van der Waals surface area (Å²) >= 11 is 1.75. The lowest BCUT2D eigenvalue weighted by Crippen LogP contribution is -2.29. The predicted octanol–water partition coefficient (Wildman–Crippen LogP) is 3.27. The lowest BCUT2D eigenvalue weighted by atomic mass is 10.3. The topological polar surface area (TPSA) is 81.5 Å². The minimum atomic E-state index is -0.482. The molecule has 0 bridgehead atoms. The Morgan fingerprint density at radius 2 is 1.83 bits per heavy atom. The van der Waals surface area contributed by atoms with E-state index in [-0.39, 0.29) is 18.2 Å². The standard InChI is InChI=1S/C17H18N2O4S/c20-17(13-23-15-9-7-14(8-10-15)19(21)22)18-11-4-12-24-16-5-2-1-3-6-16/h1-3,5-10H,4,11-13H2,(H,18,20). The molecule has 0 saturated carbocycles. The Balaban J connectivity index is 1.59. The zero-order valence-electron chi connectivity index (χ0n) is 13.0. The van der Waals surface area contributed by atoms with Crippen molar-refractivity contribution in [3.63, 3.8) is 0 Å². The van der Waals surface area contributed by atoms with Crippen molar-refractivity contribution in [3.05, 3.63) is 64.7 Å². The van der Waals surface area contributed by atoms with E-state index in [0.29, 0.717) is 12.3 Å². The predicted molar refractivity (Wildman–Crippen MR) is 93.4 cm³/mol. The molecular weight excluding hydrogens is 328 g/mol. The van der Waals surface area contributed by atoms with Crippen molar-refractivity contribution in [3.8, 4) is 5.75 Å². The summed E-state index contributed by atoms with van der Waals surface area (Å²) in [7, 11) is 0. The number of benzene rings is 2. The molecule has 0 fully saturated rings. The van der Waals surface area contributed by atoms with Gasteiger partial charge in [0.05, 0.1) is 4.92 Å². The van der Waals surface area contributed by atoms with Crippen LogP contribution in [0.25, 0.3) is 0 Å². The zero-order valence-corrected chi connectivity index (χ0v) is 13.8. The van der Waals surface area contributed by atoms with Crippen molar-refractivity contribution in [2.45, 2.75) is 11.3 Å². The number of carbonyl (C=O) groups excluding carboxylic acids is 1. The summed E-state index contributed by atoms with van der Waals surface area (Å²) in [5.41, 5.74) is -0.0114. The third-order valence-corrected chi connectivity index (χ3v) is 4.17. The van der Waals surface area contributed by atoms with Gasteiger partial charge in [0.1, 0.15) is 5.75 Å². The molecule has 1 amide bonds. The minimum Gasteiger partial charge on any atom is -0.484 e. The third kappa shape index (κ3) is 6.29. The van der Waals surface area contributed by atoms with Gasteiger partial charge in [0.15, 0.2) is 6.61 Å². The molecule has 24 heavy (non-hydrogen) atoms. The van der Waals surface area contributed by atoms with Crippen molar-refractivity contribution < 1.29 is 14.5 Å². The van der Waals surface area contributed by atoms with Gasteiger partial charge < -0.3 is 10.1 Å². The lowest BCUT2D eigenvalue weighted by Gasteiger charge is -2.07. The second-order valence-corrected chi connectivity index (χ2v) is 6.07. The van der Waals surface area contributed by atoms with Crippen LogP contribution in [0, 0.1) is 10.1 Å². The molecule has 1 N–H and O–H groups in total. The van der Waals surface area contributed by atoms with E-state index in [0.717, 1.165) is 12.2 Å². The van der Waals surface area contributed by atoms with Crippen molar-refractivity contribution >= 4 is 23.4 Å². The highest BCUT2D eigenvalue weighted by atomic mass is 32.2. The first kappa shape index (κ1) is 17.8. The minimum absolute atomic E-state index is 0.0114. The first-order valence-electron chi connectivity index (χ1n) is 7.47. The molecule has 0 radical (unpaired) electrons. The summed E-state index contributed by atoms with van der Waals surface area (Å²) < 4.78 is 5.29. The van der Waals surface area contributed by atoms with Crippen LogP contribution in [0.1, 0.15) is 6.42 Å². The fourth-order valence-corrected chi connectivity index (χ4v) is 2.74. The Kier molecular flexibility index (Phi) is 7.10. The summed E-state index contributed by atoms with van der Waals surface area (Å²) in [4.78, 5) is 22.9. The summed E-state index contributed by atoms with van der Waals surface area (Å²) in [6.45, 7) is 0.478. The number of hydrogen-bond acceptors (Lipinski definition) is 5. The molecule has 126 valence electrons. The van der Waals surface area contributed by atoms with Gasteiger partial charge in [-0.2, -0.15) is 0 Å². The third-order valence-electron chi connectivity index (χ3n) is 3.07. The average Bonchev–Trinajstić information content (AvgIpc) is 2.61. The first-order valence-corrected chi connectivity index (χ1v) is 8.45. The maximum Gasteiger partial charge on any atom is 0.269 e. The van der Waals surface area contributed by atoms with Crippen LogP contribution in [0.2, 0.25) is 0 Å². The maximum atomic E-state index is 11.7. The summed E-state index contributed by atoms with van der Waals surface area (Å²) in [6.07, 6.45) is 0.864. The van der Waals surface area contributed by atoms with Gasteiger partial charge in [0, 0.05) is 23.6 Å². The van der Waals surface area contributed by atoms with Crippen LogP contribution < -0.4 is 10.1 Å². The average molecular weight is 346 g/mol. The molecule has 0 aliphatic heterocycles. The number of nitrogens with zero attached hydrogens (tertiary/aromatic N) is 1. The van der Waals surface area contributed by atoms with Crippen LogP contribution >= 0.6 is 11.8 Å². The number of thioether (sulfide) groups is 1. The second kappa shape index (κ2) is 9.57. The van der Waals surface area contributed by atoms with E-state index in [4.69, 9.17) is 4.74 Å². The monoisotopic (exact) mass is 346 g/mol. The Bertz CT molecular complexity index is 662. The Morgan fingerprint density at radius 3 is 2.50 bits per heavy atom. The van der Waals surface area contributed by atoms with Gasteiger partial charge in [0.2, 0.25) is 0 Å². The van der Waals surface area contributed by atoms with Crippen LogP contribution in [0.15, 0.2) is 59.5 Å². The number of carbonyl (C=O) groups is 1. The van der Waals surface area contributed by atoms with Crippen LogP contribution in [0.5, 0.6) is 5.75 Å². The number of ether oxygens (including phenoxy) is 1. The Morgan fingerprint density at radius 1 is 1.12 bits per heavy atom. The van der Waals surface area contributed by atoms with E-state index in [1.807, 2.05) is 18.2 Å². The highest BCUT2D eigenvalue weighted by molar-refractivity contribution is 7.99. The van der Waals surface area contributed by atoms with Crippen molar-refractivity contribution in [2.75, 3.05) is 18.9 Å². The van der Waals surface area contributed by atoms with Gasteiger partial charge in [-0.1, -0.05) is 18.2 Å². The fourth-order valence-electron chi connectivity index (χ4n) is 1.87. The highest BCUT2D eigenvalue weighted by Crippen LogP contribution is 2.18. The van der Waals surface area contributed by atoms with E-state index in [1.165, 1.54) is 29.2 Å². The van der Waals surface area contributed by atoms with E-state index >= 15 is 0 Å². The number of amides is 1. The van der Waals surface area contributed by atoms with Gasteiger partial charge in [-0.05, 0) is 36.4 Å². The molecule has 0 saturated heterocycles. The van der Waals surface area contributed by atoms with Gasteiger partial charge in [-0.25, -0.2) is 0 Å². The molecule has 0 aliphatic rings. The van der Waals surface area contributed by atoms with Gasteiger partial charge in [-0.3, -0.25) is 14.9 Å². The number of nitro groups is 1. The zero-order chi connectivity index (χ0) is 17.2. The second-order valence-electron chi connectivity index (χ2n) is 4.90. The van der Waals surface area contributed by atoms with Crippen molar-refractivity contribution in [1.29, 1.82) is 0 Å². The molecule has 2 aromatic carbocycles. The maximum absolute atomic E-state index is 11.7. The van der Waals surface area contributed by atoms with Crippen LogP contribution in [0.3, 0.4) is 0 Å². The largest absolute Gasteiger partial charge is 0.484 e. The molecular formula is C17H18N2O4S. The summed E-state index contributed by atoms with van der Waals surface area (Å²) in [6, 6.07) is 15.7.